The molecular formula is C29H33N3O5. The summed E-state index contributed by atoms with van der Waals surface area (Å²) in [5, 5.41) is 2.03. The highest BCUT2D eigenvalue weighted by atomic mass is 16.5. The van der Waals surface area contributed by atoms with Gasteiger partial charge in [-0.2, -0.15) is 0 Å². The van der Waals surface area contributed by atoms with E-state index >= 15 is 0 Å². The number of nitrogens with zero attached hydrogens (tertiary/aromatic N) is 3. The maximum Gasteiger partial charge on any atom is 0.307 e. The van der Waals surface area contributed by atoms with Crippen LogP contribution in [0.25, 0.3) is 0 Å². The number of rotatable bonds is 11. The minimum Gasteiger partial charge on any atom is -0.487 e. The molecule has 37 heavy (non-hydrogen) atoms. The highest BCUT2D eigenvalue weighted by Gasteiger charge is 2.37. The Hall–Kier alpha value is -4.07. The van der Waals surface area contributed by atoms with Crippen LogP contribution in [0.3, 0.4) is 0 Å². The number of carbonyl (C=O) groups excluding carboxylic acids is 2. The van der Waals surface area contributed by atoms with Gasteiger partial charge in [0.2, 0.25) is 5.43 Å². The summed E-state index contributed by atoms with van der Waals surface area (Å²) in [6.07, 6.45) is 3.34. The molecule has 194 valence electrons. The number of aromatic nitrogens is 1. The lowest BCUT2D eigenvalue weighted by molar-refractivity contribution is -0.143. The zero-order valence-corrected chi connectivity index (χ0v) is 21.3. The van der Waals surface area contributed by atoms with Crippen LogP contribution in [-0.4, -0.2) is 47.9 Å². The summed E-state index contributed by atoms with van der Waals surface area (Å²) >= 11 is 0. The normalized spacial score (nSPS) is 13.0. The number of fused-ring (bicyclic) bond motifs is 1. The van der Waals surface area contributed by atoms with Gasteiger partial charge in [0.1, 0.15) is 6.67 Å². The second-order valence-electron chi connectivity index (χ2n) is 8.83. The molecule has 1 amide bonds. The Bertz CT molecular complexity index is 1220. The lowest BCUT2D eigenvalue weighted by Crippen LogP contribution is -2.56. The first-order chi connectivity index (χ1) is 18.0. The first-order valence-electron chi connectivity index (χ1n) is 12.7. The minimum absolute atomic E-state index is 0.0339. The monoisotopic (exact) mass is 503 g/mol. The lowest BCUT2D eigenvalue weighted by atomic mass is 9.98. The molecule has 8 nitrogen and oxygen atoms in total. The molecule has 4 rings (SSSR count). The van der Waals surface area contributed by atoms with Gasteiger partial charge < -0.3 is 14.4 Å². The van der Waals surface area contributed by atoms with Crippen molar-refractivity contribution in [3.8, 4) is 5.75 Å². The zero-order chi connectivity index (χ0) is 26.2. The van der Waals surface area contributed by atoms with E-state index in [9.17, 15) is 14.4 Å². The SMILES string of the molecule is CCCCOc1c2n(ccc1=O)N(C(c1ccccc1)c1ccccc1)CN(CCC(=O)OCC)C2=O. The summed E-state index contributed by atoms with van der Waals surface area (Å²) in [6, 6.07) is 21.1. The predicted octanol–water partition coefficient (Wildman–Crippen LogP) is 4.12. The third-order valence-corrected chi connectivity index (χ3v) is 6.28. The summed E-state index contributed by atoms with van der Waals surface area (Å²) < 4.78 is 12.7. The molecule has 8 heteroatoms. The third kappa shape index (κ3) is 5.85. The Morgan fingerprint density at radius 1 is 0.946 bits per heavy atom. The fraction of sp³-hybridized carbons (Fsp3) is 0.345. The molecule has 0 atom stereocenters. The minimum atomic E-state index is -0.375. The molecule has 0 radical (unpaired) electrons. The van der Waals surface area contributed by atoms with Crippen molar-refractivity contribution in [3.05, 3.63) is 100.0 Å². The van der Waals surface area contributed by atoms with Crippen LogP contribution in [0.4, 0.5) is 0 Å². The fourth-order valence-electron chi connectivity index (χ4n) is 4.48. The summed E-state index contributed by atoms with van der Waals surface area (Å²) in [5.41, 5.74) is 1.85. The van der Waals surface area contributed by atoms with Gasteiger partial charge in [0.05, 0.1) is 25.7 Å². The number of hydrogen-bond acceptors (Lipinski definition) is 6. The van der Waals surface area contributed by atoms with Crippen molar-refractivity contribution in [2.75, 3.05) is 31.4 Å². The highest BCUT2D eigenvalue weighted by molar-refractivity contribution is 5.96. The Balaban J connectivity index is 1.84. The molecule has 0 N–H and O–H groups in total. The van der Waals surface area contributed by atoms with Gasteiger partial charge in [-0.05, 0) is 24.5 Å². The smallest absolute Gasteiger partial charge is 0.307 e. The summed E-state index contributed by atoms with van der Waals surface area (Å²) in [5.74, 6) is -0.698. The first-order valence-corrected chi connectivity index (χ1v) is 12.7. The molecule has 0 bridgehead atoms. The Morgan fingerprint density at radius 2 is 1.59 bits per heavy atom. The standard InChI is InChI=1S/C29H33N3O5/c1-3-5-20-37-28-24(33)16-19-31-27(28)29(35)30(18-17-25(34)36-4-2)21-32(31)26(22-12-8-6-9-13-22)23-14-10-7-11-15-23/h6-16,19,26H,3-5,17-18,20-21H2,1-2H3. The van der Waals surface area contributed by atoms with Gasteiger partial charge in [-0.15, -0.1) is 0 Å². The third-order valence-electron chi connectivity index (χ3n) is 6.28. The molecule has 0 fully saturated rings. The molecule has 3 aromatic rings. The summed E-state index contributed by atoms with van der Waals surface area (Å²) in [7, 11) is 0. The molecule has 0 unspecified atom stereocenters. The van der Waals surface area contributed by atoms with Gasteiger partial charge in [0, 0.05) is 18.8 Å². The van der Waals surface area contributed by atoms with E-state index in [-0.39, 0.29) is 61.0 Å². The largest absolute Gasteiger partial charge is 0.487 e. The molecule has 2 aromatic carbocycles. The summed E-state index contributed by atoms with van der Waals surface area (Å²) in [6.45, 7) is 4.75. The number of hydrogen-bond donors (Lipinski definition) is 0. The van der Waals surface area contributed by atoms with Gasteiger partial charge in [-0.3, -0.25) is 24.1 Å². The average Bonchev–Trinajstić information content (AvgIpc) is 2.92. The van der Waals surface area contributed by atoms with Crippen molar-refractivity contribution in [3.63, 3.8) is 0 Å². The number of ether oxygens (including phenoxy) is 2. The van der Waals surface area contributed by atoms with Crippen LogP contribution in [0.2, 0.25) is 0 Å². The Kier molecular flexibility index (Phi) is 8.61. The van der Waals surface area contributed by atoms with E-state index in [0.717, 1.165) is 24.0 Å². The number of unbranched alkanes of at least 4 members (excludes halogenated alkanes) is 1. The van der Waals surface area contributed by atoms with Gasteiger partial charge >= 0.3 is 5.97 Å². The van der Waals surface area contributed by atoms with Gasteiger partial charge in [0.15, 0.2) is 11.4 Å². The van der Waals surface area contributed by atoms with E-state index in [1.165, 1.54) is 6.07 Å². The number of carbonyl (C=O) groups is 2. The molecular weight excluding hydrogens is 470 g/mol. The molecule has 1 aromatic heterocycles. The van der Waals surface area contributed by atoms with Crippen molar-refractivity contribution in [2.45, 2.75) is 39.2 Å². The molecule has 1 aliphatic heterocycles. The molecule has 0 saturated heterocycles. The van der Waals surface area contributed by atoms with E-state index in [0.29, 0.717) is 6.61 Å². The Morgan fingerprint density at radius 3 is 2.19 bits per heavy atom. The number of amides is 1. The second-order valence-corrected chi connectivity index (χ2v) is 8.83. The van der Waals surface area contributed by atoms with Crippen LogP contribution in [0, 0.1) is 0 Å². The molecule has 0 saturated carbocycles. The van der Waals surface area contributed by atoms with E-state index in [4.69, 9.17) is 9.47 Å². The van der Waals surface area contributed by atoms with Crippen LogP contribution in [-0.2, 0) is 9.53 Å². The zero-order valence-electron chi connectivity index (χ0n) is 21.3. The molecule has 0 spiro atoms. The van der Waals surface area contributed by atoms with E-state index in [2.05, 4.69) is 0 Å². The average molecular weight is 504 g/mol. The van der Waals surface area contributed by atoms with Crippen molar-refractivity contribution >= 4 is 11.9 Å². The van der Waals surface area contributed by atoms with Gasteiger partial charge in [0.25, 0.3) is 5.91 Å². The van der Waals surface area contributed by atoms with Crippen LogP contribution >= 0.6 is 0 Å². The number of pyridine rings is 1. The van der Waals surface area contributed by atoms with Crippen molar-refractivity contribution in [2.24, 2.45) is 0 Å². The summed E-state index contributed by atoms with van der Waals surface area (Å²) in [4.78, 5) is 40.4. The van der Waals surface area contributed by atoms with Crippen LogP contribution in [0.5, 0.6) is 5.75 Å². The van der Waals surface area contributed by atoms with E-state index in [1.807, 2.05) is 72.6 Å². The number of benzene rings is 2. The maximum absolute atomic E-state index is 13.7. The molecule has 0 aliphatic carbocycles. The topological polar surface area (TPSA) is 81.1 Å². The van der Waals surface area contributed by atoms with Crippen LogP contribution < -0.4 is 15.2 Å². The van der Waals surface area contributed by atoms with Crippen LogP contribution in [0.1, 0.15) is 60.8 Å². The first kappa shape index (κ1) is 26.0. The molecule has 1 aliphatic rings. The highest BCUT2D eigenvalue weighted by Crippen LogP contribution is 2.32. The van der Waals surface area contributed by atoms with Gasteiger partial charge in [-0.25, -0.2) is 0 Å². The lowest BCUT2D eigenvalue weighted by Gasteiger charge is -2.44. The predicted molar refractivity (Wildman–Crippen MR) is 141 cm³/mol. The maximum atomic E-state index is 13.7. The van der Waals surface area contributed by atoms with Crippen molar-refractivity contribution in [1.82, 2.24) is 9.58 Å². The Labute approximate surface area is 217 Å². The quantitative estimate of drug-likeness (QED) is 0.289. The number of esters is 1. The van der Waals surface area contributed by atoms with Crippen molar-refractivity contribution in [1.29, 1.82) is 0 Å². The van der Waals surface area contributed by atoms with E-state index < -0.39 is 0 Å². The van der Waals surface area contributed by atoms with E-state index in [1.54, 1.807) is 22.7 Å². The molecule has 2 heterocycles. The second kappa shape index (κ2) is 12.3. The van der Waals surface area contributed by atoms with Crippen molar-refractivity contribution < 1.29 is 19.1 Å². The van der Waals surface area contributed by atoms with Gasteiger partial charge in [-0.1, -0.05) is 74.0 Å². The fourth-order valence-corrected chi connectivity index (χ4v) is 4.48. The van der Waals surface area contributed by atoms with Crippen LogP contribution in [0.15, 0.2) is 77.7 Å².